The Kier molecular flexibility index (Phi) is 7.58. The monoisotopic (exact) mass is 543 g/mol. The number of imidazole rings is 1. The molecule has 1 aliphatic carbocycles. The number of nitrogens with zero attached hydrogens (tertiary/aromatic N) is 3. The van der Waals surface area contributed by atoms with Crippen molar-refractivity contribution in [3.8, 4) is 11.4 Å². The minimum Gasteiger partial charge on any atom is -0.478 e. The molecule has 1 unspecified atom stereocenters. The number of hydrogen-bond acceptors (Lipinski definition) is 4. The Bertz CT molecular complexity index is 1440. The summed E-state index contributed by atoms with van der Waals surface area (Å²) < 4.78 is 8.61. The lowest BCUT2D eigenvalue weighted by molar-refractivity contribution is 0.0316. The number of hydrogen-bond donors (Lipinski definition) is 1. The molecule has 3 aromatic carbocycles. The van der Waals surface area contributed by atoms with Gasteiger partial charge in [0.25, 0.3) is 0 Å². The Hall–Kier alpha value is -3.35. The summed E-state index contributed by atoms with van der Waals surface area (Å²) in [7, 11) is 0. The summed E-state index contributed by atoms with van der Waals surface area (Å²) >= 11 is 6.01. The maximum Gasteiger partial charge on any atom is 0.335 e. The van der Waals surface area contributed by atoms with Crippen LogP contribution >= 0.6 is 11.6 Å². The molecule has 1 N–H and O–H groups in total. The van der Waals surface area contributed by atoms with E-state index in [2.05, 4.69) is 33.7 Å². The van der Waals surface area contributed by atoms with Gasteiger partial charge in [0, 0.05) is 35.4 Å². The van der Waals surface area contributed by atoms with E-state index < -0.39 is 5.97 Å². The first-order valence-corrected chi connectivity index (χ1v) is 14.4. The molecule has 1 aromatic heterocycles. The Morgan fingerprint density at radius 3 is 2.46 bits per heavy atom. The first-order valence-electron chi connectivity index (χ1n) is 14.0. The van der Waals surface area contributed by atoms with Crippen LogP contribution in [0.2, 0.25) is 5.02 Å². The molecule has 1 atom stereocenters. The van der Waals surface area contributed by atoms with E-state index in [1.807, 2.05) is 30.3 Å². The maximum atomic E-state index is 11.6. The number of carboxylic acids is 1. The van der Waals surface area contributed by atoms with Gasteiger partial charge in [0.1, 0.15) is 5.82 Å². The SMILES string of the molecule is O=C(O)c1ccc2c(c1)nc(-c1ccc(N3CCCC(OCc4ccc(Cl)cc4)C3)cc1)n2C1CCCCC1. The third-order valence-electron chi connectivity index (χ3n) is 8.14. The molecule has 0 spiro atoms. The summed E-state index contributed by atoms with van der Waals surface area (Å²) in [5, 5.41) is 10.2. The Labute approximate surface area is 234 Å². The zero-order chi connectivity index (χ0) is 26.8. The molecule has 1 aliphatic heterocycles. The van der Waals surface area contributed by atoms with Crippen LogP contribution in [0.25, 0.3) is 22.4 Å². The molecule has 0 bridgehead atoms. The van der Waals surface area contributed by atoms with E-state index in [0.717, 1.165) is 71.8 Å². The van der Waals surface area contributed by atoms with E-state index in [1.165, 1.54) is 24.9 Å². The zero-order valence-electron chi connectivity index (χ0n) is 22.1. The molecule has 2 aliphatic rings. The van der Waals surface area contributed by atoms with Crippen LogP contribution in [-0.2, 0) is 11.3 Å². The predicted octanol–water partition coefficient (Wildman–Crippen LogP) is 7.75. The van der Waals surface area contributed by atoms with Gasteiger partial charge in [-0.1, -0.05) is 43.0 Å². The third-order valence-corrected chi connectivity index (χ3v) is 8.40. The number of carbonyl (C=O) groups is 1. The van der Waals surface area contributed by atoms with Crippen LogP contribution in [0.1, 0.15) is 66.9 Å². The average Bonchev–Trinajstić information content (AvgIpc) is 3.36. The van der Waals surface area contributed by atoms with Crippen LogP contribution in [0.4, 0.5) is 5.69 Å². The van der Waals surface area contributed by atoms with Gasteiger partial charge in [-0.05, 0) is 85.8 Å². The standard InChI is InChI=1S/C32H34ClN3O3/c33-25-13-8-22(9-14-25)21-39-28-7-4-18-35(20-28)26-15-10-23(11-16-26)31-34-29-19-24(32(37)38)12-17-30(29)36(31)27-5-2-1-3-6-27/h8-17,19,27-28H,1-7,18,20-21H2,(H,37,38). The first kappa shape index (κ1) is 25.9. The van der Waals surface area contributed by atoms with Crippen molar-refractivity contribution >= 4 is 34.3 Å². The molecule has 0 radical (unpaired) electrons. The van der Waals surface area contributed by atoms with Gasteiger partial charge < -0.3 is 19.3 Å². The summed E-state index contributed by atoms with van der Waals surface area (Å²) in [6, 6.07) is 22.2. The molecular weight excluding hydrogens is 510 g/mol. The number of ether oxygens (including phenoxy) is 1. The molecule has 4 aromatic rings. The van der Waals surface area contributed by atoms with Crippen LogP contribution < -0.4 is 4.90 Å². The maximum absolute atomic E-state index is 11.6. The average molecular weight is 544 g/mol. The van der Waals surface area contributed by atoms with Crippen molar-refractivity contribution in [2.24, 2.45) is 0 Å². The normalized spacial score (nSPS) is 18.5. The number of rotatable bonds is 7. The van der Waals surface area contributed by atoms with E-state index in [1.54, 1.807) is 12.1 Å². The highest BCUT2D eigenvalue weighted by Gasteiger charge is 2.24. The predicted molar refractivity (Wildman–Crippen MR) is 156 cm³/mol. The number of aromatic carboxylic acids is 1. The molecule has 202 valence electrons. The van der Waals surface area contributed by atoms with Gasteiger partial charge in [0.05, 0.1) is 29.3 Å². The van der Waals surface area contributed by atoms with Gasteiger partial charge in [0.2, 0.25) is 0 Å². The van der Waals surface area contributed by atoms with Crippen LogP contribution in [0.15, 0.2) is 66.7 Å². The molecule has 1 saturated carbocycles. The fourth-order valence-electron chi connectivity index (χ4n) is 6.07. The molecule has 2 heterocycles. The summed E-state index contributed by atoms with van der Waals surface area (Å²) in [6.07, 6.45) is 8.30. The molecule has 6 rings (SSSR count). The molecule has 39 heavy (non-hydrogen) atoms. The number of carboxylic acid groups (broad SMARTS) is 1. The highest BCUT2D eigenvalue weighted by molar-refractivity contribution is 6.30. The smallest absolute Gasteiger partial charge is 0.335 e. The van der Waals surface area contributed by atoms with Gasteiger partial charge in [-0.2, -0.15) is 0 Å². The van der Waals surface area contributed by atoms with Crippen LogP contribution in [0.3, 0.4) is 0 Å². The fraction of sp³-hybridized carbons (Fsp3) is 0.375. The molecule has 6 nitrogen and oxygen atoms in total. The Morgan fingerprint density at radius 2 is 1.72 bits per heavy atom. The Balaban J connectivity index is 1.22. The van der Waals surface area contributed by atoms with Crippen molar-refractivity contribution < 1.29 is 14.6 Å². The number of aromatic nitrogens is 2. The van der Waals surface area contributed by atoms with E-state index in [-0.39, 0.29) is 11.7 Å². The second kappa shape index (κ2) is 11.4. The highest BCUT2D eigenvalue weighted by Crippen LogP contribution is 2.37. The molecular formula is C32H34ClN3O3. The lowest BCUT2D eigenvalue weighted by Gasteiger charge is -2.34. The van der Waals surface area contributed by atoms with Crippen molar-refractivity contribution in [3.05, 3.63) is 82.9 Å². The fourth-order valence-corrected chi connectivity index (χ4v) is 6.20. The zero-order valence-corrected chi connectivity index (χ0v) is 22.8. The lowest BCUT2D eigenvalue weighted by Crippen LogP contribution is -2.39. The van der Waals surface area contributed by atoms with Crippen molar-refractivity contribution in [2.45, 2.75) is 63.7 Å². The lowest BCUT2D eigenvalue weighted by atomic mass is 9.94. The number of anilines is 1. The molecule has 2 fully saturated rings. The van der Waals surface area contributed by atoms with E-state index in [4.69, 9.17) is 21.3 Å². The topological polar surface area (TPSA) is 67.6 Å². The highest BCUT2D eigenvalue weighted by atomic mass is 35.5. The Morgan fingerprint density at radius 1 is 0.949 bits per heavy atom. The van der Waals surface area contributed by atoms with Crippen molar-refractivity contribution in [1.82, 2.24) is 9.55 Å². The van der Waals surface area contributed by atoms with E-state index >= 15 is 0 Å². The van der Waals surface area contributed by atoms with E-state index in [0.29, 0.717) is 12.6 Å². The quantitative estimate of drug-likeness (QED) is 0.258. The minimum absolute atomic E-state index is 0.188. The number of fused-ring (bicyclic) bond motifs is 1. The first-order chi connectivity index (χ1) is 19.0. The van der Waals surface area contributed by atoms with E-state index in [9.17, 15) is 9.90 Å². The second-order valence-electron chi connectivity index (χ2n) is 10.8. The van der Waals surface area contributed by atoms with Crippen LogP contribution in [0, 0.1) is 0 Å². The van der Waals surface area contributed by atoms with Gasteiger partial charge in [-0.3, -0.25) is 0 Å². The number of halogens is 1. The van der Waals surface area contributed by atoms with Gasteiger partial charge in [-0.25, -0.2) is 9.78 Å². The van der Waals surface area contributed by atoms with Crippen LogP contribution in [-0.4, -0.2) is 39.8 Å². The minimum atomic E-state index is -0.924. The van der Waals surface area contributed by atoms with Gasteiger partial charge in [0.15, 0.2) is 0 Å². The third kappa shape index (κ3) is 5.68. The number of piperidine rings is 1. The van der Waals surface area contributed by atoms with Crippen molar-refractivity contribution in [3.63, 3.8) is 0 Å². The summed E-state index contributed by atoms with van der Waals surface area (Å²) in [6.45, 7) is 2.47. The van der Waals surface area contributed by atoms with Gasteiger partial charge in [-0.15, -0.1) is 0 Å². The molecule has 7 heteroatoms. The molecule has 0 amide bonds. The van der Waals surface area contributed by atoms with Crippen LogP contribution in [0.5, 0.6) is 0 Å². The summed E-state index contributed by atoms with van der Waals surface area (Å²) in [5.74, 6) is 0.000748. The molecule has 1 saturated heterocycles. The summed E-state index contributed by atoms with van der Waals surface area (Å²) in [4.78, 5) is 19.0. The van der Waals surface area contributed by atoms with Crippen molar-refractivity contribution in [1.29, 1.82) is 0 Å². The summed E-state index contributed by atoms with van der Waals surface area (Å²) in [5.41, 5.74) is 5.42. The number of benzene rings is 3. The largest absolute Gasteiger partial charge is 0.478 e. The second-order valence-corrected chi connectivity index (χ2v) is 11.2. The van der Waals surface area contributed by atoms with Gasteiger partial charge >= 0.3 is 5.97 Å². The van der Waals surface area contributed by atoms with Crippen molar-refractivity contribution in [2.75, 3.05) is 18.0 Å².